The molecular weight excluding hydrogens is 232 g/mol. The third-order valence-corrected chi connectivity index (χ3v) is 5.93. The van der Waals surface area contributed by atoms with Crippen LogP contribution in [0.4, 0.5) is 0 Å². The zero-order valence-corrected chi connectivity index (χ0v) is 15.1. The molecule has 0 aromatic carbocycles. The van der Waals surface area contributed by atoms with Crippen molar-refractivity contribution in [2.75, 3.05) is 0 Å². The molecule has 0 spiro atoms. The van der Waals surface area contributed by atoms with Crippen LogP contribution in [0.25, 0.3) is 0 Å². The van der Waals surface area contributed by atoms with Crippen LogP contribution >= 0.6 is 0 Å². The van der Waals surface area contributed by atoms with Gasteiger partial charge >= 0.3 is 0 Å². The summed E-state index contributed by atoms with van der Waals surface area (Å²) in [7, 11) is 0. The molecule has 0 amide bonds. The molecule has 1 N–H and O–H groups in total. The topological polar surface area (TPSA) is 20.2 Å². The largest absolute Gasteiger partial charge is 0.390 e. The molecule has 0 saturated carbocycles. The summed E-state index contributed by atoms with van der Waals surface area (Å²) in [4.78, 5) is 0. The van der Waals surface area contributed by atoms with E-state index in [4.69, 9.17) is 0 Å². The van der Waals surface area contributed by atoms with Crippen LogP contribution in [-0.4, -0.2) is 10.7 Å². The van der Waals surface area contributed by atoms with E-state index < -0.39 is 5.60 Å². The molecule has 0 aromatic heterocycles. The summed E-state index contributed by atoms with van der Waals surface area (Å²) in [5.74, 6) is 1.68. The summed E-state index contributed by atoms with van der Waals surface area (Å²) in [5.41, 5.74) is -0.0691. The fourth-order valence-electron chi connectivity index (χ4n) is 3.26. The highest BCUT2D eigenvalue weighted by Crippen LogP contribution is 2.51. The van der Waals surface area contributed by atoms with Gasteiger partial charge in [0.05, 0.1) is 5.60 Å². The molecule has 0 fully saturated rings. The van der Waals surface area contributed by atoms with Crippen molar-refractivity contribution in [2.45, 2.75) is 87.7 Å². The Morgan fingerprint density at radius 3 is 1.47 bits per heavy atom. The maximum Gasteiger partial charge on any atom is 0.0625 e. The van der Waals surface area contributed by atoms with Gasteiger partial charge in [0, 0.05) is 0 Å². The third kappa shape index (κ3) is 4.77. The van der Waals surface area contributed by atoms with Crippen LogP contribution in [0.3, 0.4) is 0 Å². The van der Waals surface area contributed by atoms with Gasteiger partial charge in [-0.1, -0.05) is 62.3 Å². The molecule has 0 aliphatic carbocycles. The van der Waals surface area contributed by atoms with Crippen LogP contribution in [0.2, 0.25) is 0 Å². The van der Waals surface area contributed by atoms with Gasteiger partial charge in [-0.2, -0.15) is 0 Å². The summed E-state index contributed by atoms with van der Waals surface area (Å²) in [6.45, 7) is 22.7. The van der Waals surface area contributed by atoms with E-state index in [1.165, 1.54) is 0 Å². The second-order valence-corrected chi connectivity index (χ2v) is 8.80. The average Bonchev–Trinajstić information content (AvgIpc) is 2.13. The Hall–Kier alpha value is -0.0400. The Balaban J connectivity index is 4.96. The Bertz CT molecular complexity index is 271. The molecule has 0 rings (SSSR count). The predicted octanol–water partition coefficient (Wildman–Crippen LogP) is 5.52. The molecule has 0 radical (unpaired) electrons. The maximum atomic E-state index is 10.6. The highest BCUT2D eigenvalue weighted by Gasteiger charge is 2.44. The Morgan fingerprint density at radius 2 is 1.16 bits per heavy atom. The SMILES string of the molecule is CC(C)CC(C)(O)CC(C)C(C)(C)C(C)(C)C(C)C. The van der Waals surface area contributed by atoms with E-state index in [2.05, 4.69) is 62.3 Å². The Morgan fingerprint density at radius 1 is 0.737 bits per heavy atom. The lowest BCUT2D eigenvalue weighted by molar-refractivity contribution is -0.0482. The lowest BCUT2D eigenvalue weighted by Crippen LogP contribution is -2.44. The lowest BCUT2D eigenvalue weighted by atomic mass is 9.55. The highest BCUT2D eigenvalue weighted by atomic mass is 16.3. The lowest BCUT2D eigenvalue weighted by Gasteiger charge is -2.50. The molecule has 19 heavy (non-hydrogen) atoms. The average molecular weight is 271 g/mol. The van der Waals surface area contributed by atoms with Gasteiger partial charge in [0.1, 0.15) is 0 Å². The van der Waals surface area contributed by atoms with Crippen molar-refractivity contribution < 1.29 is 5.11 Å². The number of rotatable bonds is 7. The molecule has 2 unspecified atom stereocenters. The minimum absolute atomic E-state index is 0.210. The predicted molar refractivity (Wildman–Crippen MR) is 86.3 cm³/mol. The first kappa shape index (κ1) is 19.0. The van der Waals surface area contributed by atoms with Crippen molar-refractivity contribution in [3.05, 3.63) is 0 Å². The van der Waals surface area contributed by atoms with E-state index in [9.17, 15) is 5.11 Å². The normalized spacial score (nSPS) is 18.8. The molecule has 2 atom stereocenters. The summed E-state index contributed by atoms with van der Waals surface area (Å²) in [6, 6.07) is 0. The number of hydrogen-bond acceptors (Lipinski definition) is 1. The minimum Gasteiger partial charge on any atom is -0.390 e. The molecule has 0 aliphatic heterocycles. The van der Waals surface area contributed by atoms with Crippen LogP contribution < -0.4 is 0 Å². The van der Waals surface area contributed by atoms with Crippen LogP contribution in [0, 0.1) is 28.6 Å². The molecule has 0 bridgehead atoms. The van der Waals surface area contributed by atoms with Gasteiger partial charge in [0.15, 0.2) is 0 Å². The highest BCUT2D eigenvalue weighted by molar-refractivity contribution is 4.94. The van der Waals surface area contributed by atoms with Gasteiger partial charge in [0.2, 0.25) is 0 Å². The maximum absolute atomic E-state index is 10.6. The second-order valence-electron chi connectivity index (χ2n) is 8.80. The summed E-state index contributed by atoms with van der Waals surface area (Å²) in [5, 5.41) is 10.6. The Labute approximate surface area is 122 Å². The Kier molecular flexibility index (Phi) is 6.15. The summed E-state index contributed by atoms with van der Waals surface area (Å²) < 4.78 is 0. The van der Waals surface area contributed by atoms with Crippen molar-refractivity contribution in [1.29, 1.82) is 0 Å². The van der Waals surface area contributed by atoms with E-state index >= 15 is 0 Å². The first-order chi connectivity index (χ1) is 8.24. The van der Waals surface area contributed by atoms with E-state index in [0.717, 1.165) is 12.8 Å². The monoisotopic (exact) mass is 270 g/mol. The minimum atomic E-state index is -0.544. The van der Waals surface area contributed by atoms with Crippen LogP contribution in [0.15, 0.2) is 0 Å². The smallest absolute Gasteiger partial charge is 0.0625 e. The third-order valence-electron chi connectivity index (χ3n) is 5.93. The van der Waals surface area contributed by atoms with Crippen molar-refractivity contribution in [1.82, 2.24) is 0 Å². The molecule has 1 heteroatoms. The van der Waals surface area contributed by atoms with Crippen molar-refractivity contribution >= 4 is 0 Å². The van der Waals surface area contributed by atoms with Gasteiger partial charge in [-0.3, -0.25) is 0 Å². The number of aliphatic hydroxyl groups is 1. The van der Waals surface area contributed by atoms with E-state index in [1.807, 2.05) is 6.92 Å². The van der Waals surface area contributed by atoms with E-state index in [-0.39, 0.29) is 10.8 Å². The molecule has 0 heterocycles. The van der Waals surface area contributed by atoms with Crippen LogP contribution in [-0.2, 0) is 0 Å². The van der Waals surface area contributed by atoms with Crippen LogP contribution in [0.1, 0.15) is 82.1 Å². The fourth-order valence-corrected chi connectivity index (χ4v) is 3.26. The quantitative estimate of drug-likeness (QED) is 0.646. The van der Waals surface area contributed by atoms with Gasteiger partial charge < -0.3 is 5.11 Å². The molecular formula is C18H38O. The van der Waals surface area contributed by atoms with E-state index in [1.54, 1.807) is 0 Å². The van der Waals surface area contributed by atoms with Crippen LogP contribution in [0.5, 0.6) is 0 Å². The molecule has 1 nitrogen and oxygen atoms in total. The molecule has 0 saturated heterocycles. The fraction of sp³-hybridized carbons (Fsp3) is 1.00. The molecule has 116 valence electrons. The standard InChI is InChI=1S/C18H38O/c1-13(2)11-18(10,19)12-15(5)17(8,9)16(6,7)14(3)4/h13-15,19H,11-12H2,1-10H3. The van der Waals surface area contributed by atoms with Gasteiger partial charge in [-0.15, -0.1) is 0 Å². The van der Waals surface area contributed by atoms with Gasteiger partial charge in [-0.05, 0) is 48.3 Å². The van der Waals surface area contributed by atoms with Gasteiger partial charge in [0.25, 0.3) is 0 Å². The van der Waals surface area contributed by atoms with Crippen molar-refractivity contribution in [3.63, 3.8) is 0 Å². The first-order valence-corrected chi connectivity index (χ1v) is 7.96. The zero-order valence-electron chi connectivity index (χ0n) is 15.1. The van der Waals surface area contributed by atoms with Crippen molar-refractivity contribution in [3.8, 4) is 0 Å². The van der Waals surface area contributed by atoms with Crippen molar-refractivity contribution in [2.24, 2.45) is 28.6 Å². The first-order valence-electron chi connectivity index (χ1n) is 7.96. The summed E-state index contributed by atoms with van der Waals surface area (Å²) >= 11 is 0. The van der Waals surface area contributed by atoms with E-state index in [0.29, 0.717) is 17.8 Å². The summed E-state index contributed by atoms with van der Waals surface area (Å²) in [6.07, 6.45) is 1.77. The molecule has 0 aromatic rings. The zero-order chi connectivity index (χ0) is 15.6. The second kappa shape index (κ2) is 6.16. The molecule has 0 aliphatic rings. The van der Waals surface area contributed by atoms with Gasteiger partial charge in [-0.25, -0.2) is 0 Å². The number of hydrogen-bond donors (Lipinski definition) is 1.